The van der Waals surface area contributed by atoms with Gasteiger partial charge < -0.3 is 4.74 Å². The van der Waals surface area contributed by atoms with Crippen molar-refractivity contribution in [2.45, 2.75) is 24.9 Å². The van der Waals surface area contributed by atoms with Crippen LogP contribution in [0, 0.1) is 12.7 Å². The molecule has 1 aromatic carbocycles. The lowest BCUT2D eigenvalue weighted by Gasteiger charge is -2.07. The van der Waals surface area contributed by atoms with E-state index in [9.17, 15) is 12.8 Å². The highest BCUT2D eigenvalue weighted by atomic mass is 35.7. The lowest BCUT2D eigenvalue weighted by Crippen LogP contribution is -2.07. The maximum Gasteiger partial charge on any atom is 0.280 e. The lowest BCUT2D eigenvalue weighted by molar-refractivity contribution is 0.297. The van der Waals surface area contributed by atoms with E-state index in [1.54, 1.807) is 23.7 Å². The fraction of sp³-hybridized carbons (Fsp3) is 0.308. The van der Waals surface area contributed by atoms with Crippen LogP contribution in [0.2, 0.25) is 0 Å². The highest BCUT2D eigenvalue weighted by Crippen LogP contribution is 2.15. The van der Waals surface area contributed by atoms with Crippen LogP contribution >= 0.6 is 10.7 Å². The molecule has 0 bridgehead atoms. The summed E-state index contributed by atoms with van der Waals surface area (Å²) in [5, 5.41) is 3.78. The number of ether oxygens (including phenoxy) is 1. The van der Waals surface area contributed by atoms with E-state index in [2.05, 4.69) is 5.10 Å². The van der Waals surface area contributed by atoms with Gasteiger partial charge in [0.25, 0.3) is 9.05 Å². The second-order valence-corrected chi connectivity index (χ2v) is 6.95. The van der Waals surface area contributed by atoms with Gasteiger partial charge in [-0.15, -0.1) is 0 Å². The van der Waals surface area contributed by atoms with Gasteiger partial charge in [0.05, 0.1) is 6.61 Å². The molecule has 0 spiro atoms. The Morgan fingerprint density at radius 3 is 2.57 bits per heavy atom. The Morgan fingerprint density at radius 1 is 1.33 bits per heavy atom. The van der Waals surface area contributed by atoms with Gasteiger partial charge in [0.15, 0.2) is 5.03 Å². The monoisotopic (exact) mass is 332 g/mol. The van der Waals surface area contributed by atoms with E-state index in [1.165, 1.54) is 18.2 Å². The molecule has 0 aliphatic carbocycles. The molecule has 0 unspecified atom stereocenters. The van der Waals surface area contributed by atoms with Crippen molar-refractivity contribution in [2.24, 2.45) is 0 Å². The fourth-order valence-corrected chi connectivity index (χ4v) is 2.49. The second-order valence-electron chi connectivity index (χ2n) is 4.44. The van der Waals surface area contributed by atoms with Crippen LogP contribution in [-0.2, 0) is 15.6 Å². The van der Waals surface area contributed by atoms with Gasteiger partial charge >= 0.3 is 0 Å². The minimum absolute atomic E-state index is 0.152. The molecule has 0 saturated carbocycles. The molecule has 0 saturated heterocycles. The molecule has 5 nitrogen and oxygen atoms in total. The topological polar surface area (TPSA) is 61.2 Å². The summed E-state index contributed by atoms with van der Waals surface area (Å²) in [7, 11) is 1.43. The number of nitrogens with zero attached hydrogens (tertiary/aromatic N) is 2. The van der Waals surface area contributed by atoms with Gasteiger partial charge in [0.1, 0.15) is 11.6 Å². The predicted octanol–water partition coefficient (Wildman–Crippen LogP) is 2.73. The third-order valence-electron chi connectivity index (χ3n) is 2.81. The Hall–Kier alpha value is -1.60. The molecule has 0 amide bonds. The maximum absolute atomic E-state index is 12.7. The molecule has 2 rings (SSSR count). The molecule has 0 N–H and O–H groups in total. The molecular formula is C13H14ClFN2O3S. The van der Waals surface area contributed by atoms with E-state index in [4.69, 9.17) is 15.4 Å². The smallest absolute Gasteiger partial charge is 0.280 e. The van der Waals surface area contributed by atoms with E-state index < -0.39 is 9.05 Å². The van der Waals surface area contributed by atoms with Crippen LogP contribution in [0.25, 0.3) is 0 Å². The molecule has 0 aliphatic heterocycles. The maximum atomic E-state index is 12.7. The summed E-state index contributed by atoms with van der Waals surface area (Å²) in [6, 6.07) is 7.16. The Labute approximate surface area is 126 Å². The molecule has 1 aromatic heterocycles. The number of aromatic nitrogens is 2. The number of rotatable bonds is 6. The summed E-state index contributed by atoms with van der Waals surface area (Å²) in [5.41, 5.74) is 0.705. The van der Waals surface area contributed by atoms with E-state index in [-0.39, 0.29) is 10.8 Å². The molecular weight excluding hydrogens is 319 g/mol. The molecule has 0 fully saturated rings. The Morgan fingerprint density at radius 2 is 2.00 bits per heavy atom. The van der Waals surface area contributed by atoms with Gasteiger partial charge in [-0.3, -0.25) is 4.68 Å². The molecule has 2 aromatic rings. The van der Waals surface area contributed by atoms with Crippen LogP contribution in [0.5, 0.6) is 5.75 Å². The Kier molecular flexibility index (Phi) is 4.84. The van der Waals surface area contributed by atoms with Crippen LogP contribution in [0.3, 0.4) is 0 Å². The third-order valence-corrected chi connectivity index (χ3v) is 3.98. The summed E-state index contributed by atoms with van der Waals surface area (Å²) in [5.74, 6) is 0.266. The van der Waals surface area contributed by atoms with Crippen LogP contribution in [0.4, 0.5) is 4.39 Å². The molecule has 114 valence electrons. The van der Waals surface area contributed by atoms with E-state index in [1.807, 2.05) is 0 Å². The normalized spacial score (nSPS) is 11.6. The minimum Gasteiger partial charge on any atom is -0.494 e. The van der Waals surface area contributed by atoms with Crippen molar-refractivity contribution in [3.8, 4) is 5.75 Å². The van der Waals surface area contributed by atoms with Crippen LogP contribution in [0.15, 0.2) is 35.4 Å². The number of halogens is 2. The fourth-order valence-electron chi connectivity index (χ4n) is 1.76. The van der Waals surface area contributed by atoms with E-state index in [0.717, 1.165) is 0 Å². The predicted molar refractivity (Wildman–Crippen MR) is 76.5 cm³/mol. The molecule has 1 heterocycles. The quantitative estimate of drug-likeness (QED) is 0.603. The average molecular weight is 333 g/mol. The molecule has 0 atom stereocenters. The van der Waals surface area contributed by atoms with Crippen molar-refractivity contribution in [1.82, 2.24) is 9.78 Å². The second kappa shape index (κ2) is 6.44. The largest absolute Gasteiger partial charge is 0.494 e. The van der Waals surface area contributed by atoms with Gasteiger partial charge in [-0.2, -0.15) is 5.10 Å². The summed E-state index contributed by atoms with van der Waals surface area (Å²) < 4.78 is 42.1. The van der Waals surface area contributed by atoms with Crippen molar-refractivity contribution >= 4 is 19.7 Å². The number of benzene rings is 1. The van der Waals surface area contributed by atoms with E-state index in [0.29, 0.717) is 31.0 Å². The van der Waals surface area contributed by atoms with Gasteiger partial charge in [-0.05, 0) is 37.3 Å². The Bertz CT molecular complexity index is 714. The highest BCUT2D eigenvalue weighted by Gasteiger charge is 2.15. The van der Waals surface area contributed by atoms with Crippen molar-refractivity contribution in [3.63, 3.8) is 0 Å². The standard InChI is InChI=1S/C13H14ClFN2O3S/c1-10-9-13(21(14,18)19)16-17(10)7-2-8-20-12-5-3-11(15)4-6-12/h3-6,9H,2,7-8H2,1H3. The summed E-state index contributed by atoms with van der Waals surface area (Å²) >= 11 is 0. The minimum atomic E-state index is -3.81. The third kappa shape index (κ3) is 4.44. The first-order valence-electron chi connectivity index (χ1n) is 6.24. The number of hydrogen-bond donors (Lipinski definition) is 0. The van der Waals surface area contributed by atoms with Gasteiger partial charge in [0.2, 0.25) is 0 Å². The van der Waals surface area contributed by atoms with Crippen LogP contribution in [-0.4, -0.2) is 24.8 Å². The Balaban J connectivity index is 1.86. The first-order valence-corrected chi connectivity index (χ1v) is 8.55. The zero-order valence-electron chi connectivity index (χ0n) is 11.3. The molecule has 8 heteroatoms. The van der Waals surface area contributed by atoms with E-state index >= 15 is 0 Å². The lowest BCUT2D eigenvalue weighted by atomic mass is 10.3. The first-order chi connectivity index (χ1) is 9.86. The summed E-state index contributed by atoms with van der Waals surface area (Å²) in [6.07, 6.45) is 0.627. The average Bonchev–Trinajstić information content (AvgIpc) is 2.78. The van der Waals surface area contributed by atoms with Gasteiger partial charge in [-0.25, -0.2) is 12.8 Å². The zero-order chi connectivity index (χ0) is 15.5. The molecule has 0 aliphatic rings. The summed E-state index contributed by atoms with van der Waals surface area (Å²) in [6.45, 7) is 2.66. The van der Waals surface area contributed by atoms with Crippen LogP contribution in [0.1, 0.15) is 12.1 Å². The first kappa shape index (κ1) is 15.8. The highest BCUT2D eigenvalue weighted by molar-refractivity contribution is 8.13. The van der Waals surface area contributed by atoms with Crippen molar-refractivity contribution < 1.29 is 17.5 Å². The van der Waals surface area contributed by atoms with Crippen LogP contribution < -0.4 is 4.74 Å². The van der Waals surface area contributed by atoms with Gasteiger partial charge in [0, 0.05) is 29.3 Å². The number of aryl methyl sites for hydroxylation is 2. The summed E-state index contributed by atoms with van der Waals surface area (Å²) in [4.78, 5) is 0. The molecule has 21 heavy (non-hydrogen) atoms. The van der Waals surface area contributed by atoms with Crippen molar-refractivity contribution in [2.75, 3.05) is 6.61 Å². The zero-order valence-corrected chi connectivity index (χ0v) is 12.9. The SMILES string of the molecule is Cc1cc(S(=O)(=O)Cl)nn1CCCOc1ccc(F)cc1. The van der Waals surface area contributed by atoms with Crippen molar-refractivity contribution in [3.05, 3.63) is 41.8 Å². The van der Waals surface area contributed by atoms with Crippen molar-refractivity contribution in [1.29, 1.82) is 0 Å². The molecule has 0 radical (unpaired) electrons. The van der Waals surface area contributed by atoms with Gasteiger partial charge in [-0.1, -0.05) is 0 Å². The number of hydrogen-bond acceptors (Lipinski definition) is 4.